The quantitative estimate of drug-likeness (QED) is 0.426. The largest absolute Gasteiger partial charge is 0.391 e. The summed E-state index contributed by atoms with van der Waals surface area (Å²) in [6.07, 6.45) is 2.21. The lowest BCUT2D eigenvalue weighted by Gasteiger charge is -2.07. The Morgan fingerprint density at radius 2 is 2.10 bits per heavy atom. The first kappa shape index (κ1) is 9.88. The van der Waals surface area contributed by atoms with Crippen LogP contribution in [0.3, 0.4) is 0 Å². The molecular formula is C7H16O3. The fourth-order valence-electron chi connectivity index (χ4n) is 0.624. The Labute approximate surface area is 61.6 Å². The highest BCUT2D eigenvalue weighted by atomic mass is 16.6. The number of unbranched alkanes of at least 4 members (excludes halogenated alkanes) is 2. The van der Waals surface area contributed by atoms with E-state index in [1.807, 2.05) is 0 Å². The van der Waals surface area contributed by atoms with Crippen LogP contribution in [0, 0.1) is 0 Å². The van der Waals surface area contributed by atoms with Gasteiger partial charge in [-0.15, -0.1) is 0 Å². The zero-order valence-electron chi connectivity index (χ0n) is 6.42. The molecule has 0 amide bonds. The predicted octanol–water partition coefficient (Wildman–Crippen LogP) is 0.504. The van der Waals surface area contributed by atoms with Gasteiger partial charge in [-0.25, -0.2) is 0 Å². The monoisotopic (exact) mass is 148 g/mol. The van der Waals surface area contributed by atoms with E-state index in [1.165, 1.54) is 0 Å². The molecule has 3 nitrogen and oxygen atoms in total. The van der Waals surface area contributed by atoms with Gasteiger partial charge in [0.15, 0.2) is 6.29 Å². The van der Waals surface area contributed by atoms with Crippen molar-refractivity contribution in [2.24, 2.45) is 0 Å². The third-order valence-corrected chi connectivity index (χ3v) is 1.21. The van der Waals surface area contributed by atoms with Crippen molar-refractivity contribution in [2.75, 3.05) is 13.2 Å². The number of hydrogen-bond acceptors (Lipinski definition) is 3. The Kier molecular flexibility index (Phi) is 6.91. The number of ether oxygens (including phenoxy) is 1. The lowest BCUT2D eigenvalue weighted by atomic mass is 10.3. The van der Waals surface area contributed by atoms with Gasteiger partial charge in [0.05, 0.1) is 6.61 Å². The van der Waals surface area contributed by atoms with Crippen molar-refractivity contribution >= 4 is 0 Å². The second-order valence-corrected chi connectivity index (χ2v) is 2.22. The second-order valence-electron chi connectivity index (χ2n) is 2.22. The number of hydrogen-bond donors (Lipinski definition) is 2. The van der Waals surface area contributed by atoms with Crippen LogP contribution in [0.15, 0.2) is 0 Å². The summed E-state index contributed by atoms with van der Waals surface area (Å²) < 4.78 is 4.80. The maximum Gasteiger partial charge on any atom is 0.177 e. The highest BCUT2D eigenvalue weighted by Gasteiger charge is 1.98. The van der Waals surface area contributed by atoms with Crippen LogP contribution >= 0.6 is 0 Å². The average Bonchev–Trinajstić information content (AvgIpc) is 1.98. The minimum Gasteiger partial charge on any atom is -0.391 e. The van der Waals surface area contributed by atoms with Crippen molar-refractivity contribution in [2.45, 2.75) is 32.5 Å². The molecule has 10 heavy (non-hydrogen) atoms. The molecule has 0 aromatic heterocycles. The molecule has 0 aliphatic heterocycles. The third-order valence-electron chi connectivity index (χ3n) is 1.21. The Bertz CT molecular complexity index is 65.9. The summed E-state index contributed by atoms with van der Waals surface area (Å²) in [4.78, 5) is 0. The standard InChI is InChI=1S/C7H16O3/c1-2-3-4-5-10-7(9)6-8/h7-9H,2-6H2,1H3. The first-order valence-corrected chi connectivity index (χ1v) is 3.71. The van der Waals surface area contributed by atoms with Gasteiger partial charge in [0.2, 0.25) is 0 Å². The minimum absolute atomic E-state index is 0.313. The van der Waals surface area contributed by atoms with E-state index in [0.717, 1.165) is 19.3 Å². The molecule has 0 rings (SSSR count). The normalized spacial score (nSPS) is 13.5. The van der Waals surface area contributed by atoms with E-state index < -0.39 is 6.29 Å². The van der Waals surface area contributed by atoms with Crippen molar-refractivity contribution < 1.29 is 14.9 Å². The molecule has 0 aliphatic carbocycles. The molecule has 3 heteroatoms. The predicted molar refractivity (Wildman–Crippen MR) is 38.6 cm³/mol. The Balaban J connectivity index is 2.89. The summed E-state index contributed by atoms with van der Waals surface area (Å²) in [5, 5.41) is 17.0. The molecule has 0 fully saturated rings. The molecule has 0 bridgehead atoms. The highest BCUT2D eigenvalue weighted by Crippen LogP contribution is 1.95. The molecule has 0 spiro atoms. The van der Waals surface area contributed by atoms with Crippen LogP contribution in [0.1, 0.15) is 26.2 Å². The fraction of sp³-hybridized carbons (Fsp3) is 1.00. The number of aliphatic hydroxyl groups is 2. The van der Waals surface area contributed by atoms with E-state index in [2.05, 4.69) is 6.92 Å². The second kappa shape index (κ2) is 6.99. The van der Waals surface area contributed by atoms with Gasteiger partial charge in [-0.2, -0.15) is 0 Å². The van der Waals surface area contributed by atoms with Crippen molar-refractivity contribution in [1.82, 2.24) is 0 Å². The van der Waals surface area contributed by atoms with Gasteiger partial charge >= 0.3 is 0 Å². The highest BCUT2D eigenvalue weighted by molar-refractivity contribution is 4.38. The summed E-state index contributed by atoms with van der Waals surface area (Å²) in [5.41, 5.74) is 0. The van der Waals surface area contributed by atoms with Gasteiger partial charge < -0.3 is 14.9 Å². The number of aliphatic hydroxyl groups excluding tert-OH is 2. The fourth-order valence-corrected chi connectivity index (χ4v) is 0.624. The molecule has 0 saturated carbocycles. The Morgan fingerprint density at radius 1 is 1.40 bits per heavy atom. The van der Waals surface area contributed by atoms with Gasteiger partial charge in [0, 0.05) is 6.61 Å². The van der Waals surface area contributed by atoms with E-state index >= 15 is 0 Å². The molecule has 1 unspecified atom stereocenters. The van der Waals surface area contributed by atoms with Crippen LogP contribution in [0.4, 0.5) is 0 Å². The summed E-state index contributed by atoms with van der Waals surface area (Å²) in [6.45, 7) is 2.32. The van der Waals surface area contributed by atoms with Crippen LogP contribution in [0.5, 0.6) is 0 Å². The van der Waals surface area contributed by atoms with Crippen LogP contribution in [-0.4, -0.2) is 29.7 Å². The molecule has 0 saturated heterocycles. The Morgan fingerprint density at radius 3 is 2.60 bits per heavy atom. The van der Waals surface area contributed by atoms with Gasteiger partial charge in [-0.1, -0.05) is 19.8 Å². The summed E-state index contributed by atoms with van der Waals surface area (Å²) in [7, 11) is 0. The van der Waals surface area contributed by atoms with Crippen LogP contribution in [0.25, 0.3) is 0 Å². The molecule has 0 radical (unpaired) electrons. The van der Waals surface area contributed by atoms with Gasteiger partial charge in [0.25, 0.3) is 0 Å². The first-order chi connectivity index (χ1) is 4.81. The van der Waals surface area contributed by atoms with Gasteiger partial charge in [-0.05, 0) is 6.42 Å². The zero-order chi connectivity index (χ0) is 7.82. The van der Waals surface area contributed by atoms with Crippen LogP contribution in [0.2, 0.25) is 0 Å². The lowest BCUT2D eigenvalue weighted by molar-refractivity contribution is -0.125. The average molecular weight is 148 g/mol. The van der Waals surface area contributed by atoms with Gasteiger partial charge in [-0.3, -0.25) is 0 Å². The van der Waals surface area contributed by atoms with Crippen molar-refractivity contribution in [3.63, 3.8) is 0 Å². The topological polar surface area (TPSA) is 49.7 Å². The maximum atomic E-state index is 8.69. The van der Waals surface area contributed by atoms with E-state index in [1.54, 1.807) is 0 Å². The third kappa shape index (κ3) is 6.01. The Hall–Kier alpha value is -0.120. The van der Waals surface area contributed by atoms with E-state index in [0.29, 0.717) is 6.61 Å². The van der Waals surface area contributed by atoms with Crippen molar-refractivity contribution in [3.05, 3.63) is 0 Å². The van der Waals surface area contributed by atoms with Crippen molar-refractivity contribution in [3.8, 4) is 0 Å². The molecule has 0 heterocycles. The summed E-state index contributed by atoms with van der Waals surface area (Å²) in [5.74, 6) is 0. The molecule has 0 aromatic carbocycles. The molecule has 1 atom stereocenters. The maximum absolute atomic E-state index is 8.69. The lowest BCUT2D eigenvalue weighted by Crippen LogP contribution is -2.16. The van der Waals surface area contributed by atoms with E-state index in [-0.39, 0.29) is 6.61 Å². The minimum atomic E-state index is -0.989. The summed E-state index contributed by atoms with van der Waals surface area (Å²) >= 11 is 0. The molecule has 0 aromatic rings. The van der Waals surface area contributed by atoms with Gasteiger partial charge in [0.1, 0.15) is 0 Å². The number of rotatable bonds is 6. The van der Waals surface area contributed by atoms with Crippen LogP contribution < -0.4 is 0 Å². The van der Waals surface area contributed by atoms with E-state index in [9.17, 15) is 0 Å². The SMILES string of the molecule is CCCCCOC(O)CO. The smallest absolute Gasteiger partial charge is 0.177 e. The molecule has 0 aliphatic rings. The molecule has 62 valence electrons. The molecule has 2 N–H and O–H groups in total. The summed E-state index contributed by atoms with van der Waals surface area (Å²) in [6, 6.07) is 0. The van der Waals surface area contributed by atoms with E-state index in [4.69, 9.17) is 14.9 Å². The first-order valence-electron chi connectivity index (χ1n) is 3.71. The zero-order valence-corrected chi connectivity index (χ0v) is 6.42. The molecular weight excluding hydrogens is 132 g/mol. The van der Waals surface area contributed by atoms with Crippen molar-refractivity contribution in [1.29, 1.82) is 0 Å². The van der Waals surface area contributed by atoms with Crippen LogP contribution in [-0.2, 0) is 4.74 Å².